The summed E-state index contributed by atoms with van der Waals surface area (Å²) >= 11 is 0. The van der Waals surface area contributed by atoms with Crippen molar-refractivity contribution in [1.82, 2.24) is 10.3 Å². The second-order valence-electron chi connectivity index (χ2n) is 8.20. The maximum Gasteiger partial charge on any atom is 0.225 e. The molecule has 6 heteroatoms. The Morgan fingerprint density at radius 2 is 1.90 bits per heavy atom. The van der Waals surface area contributed by atoms with Gasteiger partial charge in [0.25, 0.3) is 0 Å². The van der Waals surface area contributed by atoms with Crippen LogP contribution < -0.4 is 15.1 Å². The third-order valence-electron chi connectivity index (χ3n) is 6.34. The van der Waals surface area contributed by atoms with Gasteiger partial charge in [-0.25, -0.2) is 4.39 Å². The van der Waals surface area contributed by atoms with Gasteiger partial charge < -0.3 is 15.1 Å². The predicted octanol–water partition coefficient (Wildman–Crippen LogP) is 3.40. The summed E-state index contributed by atoms with van der Waals surface area (Å²) in [6.45, 7) is 2.86. The van der Waals surface area contributed by atoms with Crippen molar-refractivity contribution in [3.05, 3.63) is 90.0 Å². The Balaban J connectivity index is 1.39. The molecule has 158 valence electrons. The fourth-order valence-electron chi connectivity index (χ4n) is 4.77. The van der Waals surface area contributed by atoms with Crippen LogP contribution in [0.1, 0.15) is 11.1 Å². The van der Waals surface area contributed by atoms with E-state index in [1.165, 1.54) is 23.4 Å². The van der Waals surface area contributed by atoms with Crippen LogP contribution in [0, 0.1) is 11.7 Å². The van der Waals surface area contributed by atoms with E-state index in [0.29, 0.717) is 13.0 Å². The van der Waals surface area contributed by atoms with Crippen LogP contribution >= 0.6 is 0 Å². The molecule has 1 aromatic heterocycles. The van der Waals surface area contributed by atoms with Crippen molar-refractivity contribution in [3.63, 3.8) is 0 Å². The van der Waals surface area contributed by atoms with Crippen molar-refractivity contribution in [1.29, 1.82) is 0 Å². The number of halogens is 1. The zero-order valence-corrected chi connectivity index (χ0v) is 17.2. The molecule has 2 atom stereocenters. The Morgan fingerprint density at radius 3 is 2.71 bits per heavy atom. The van der Waals surface area contributed by atoms with Gasteiger partial charge in [-0.1, -0.05) is 24.3 Å². The van der Waals surface area contributed by atoms with E-state index in [0.717, 1.165) is 30.9 Å². The van der Waals surface area contributed by atoms with E-state index in [1.54, 1.807) is 12.4 Å². The fourth-order valence-corrected chi connectivity index (χ4v) is 4.77. The summed E-state index contributed by atoms with van der Waals surface area (Å²) < 4.78 is 13.4. The molecule has 0 aliphatic carbocycles. The number of nitrogens with zero attached hydrogens (tertiary/aromatic N) is 3. The Hall–Kier alpha value is -3.41. The van der Waals surface area contributed by atoms with Crippen molar-refractivity contribution in [2.24, 2.45) is 5.92 Å². The maximum atomic E-state index is 13.4. The average Bonchev–Trinajstić information content (AvgIpc) is 2.83. The Morgan fingerprint density at radius 1 is 1.06 bits per heavy atom. The summed E-state index contributed by atoms with van der Waals surface area (Å²) in [6.07, 6.45) is 4.22. The lowest BCUT2D eigenvalue weighted by Gasteiger charge is -2.49. The molecule has 1 fully saturated rings. The molecule has 1 N–H and O–H groups in total. The number of para-hydroxylation sites is 1. The smallest absolute Gasteiger partial charge is 0.225 e. The summed E-state index contributed by atoms with van der Waals surface area (Å²) in [5.74, 6) is -0.328. The van der Waals surface area contributed by atoms with Gasteiger partial charge in [-0.15, -0.1) is 0 Å². The first-order valence-electron chi connectivity index (χ1n) is 10.7. The molecule has 2 aliphatic rings. The summed E-state index contributed by atoms with van der Waals surface area (Å²) in [6, 6.07) is 18.9. The number of carbonyl (C=O) groups excluding carboxylic acids is 1. The monoisotopic (exact) mass is 416 g/mol. The number of carbonyl (C=O) groups is 1. The molecule has 3 aromatic rings. The second kappa shape index (κ2) is 8.38. The van der Waals surface area contributed by atoms with E-state index in [9.17, 15) is 9.18 Å². The molecular weight excluding hydrogens is 391 g/mol. The van der Waals surface area contributed by atoms with Gasteiger partial charge in [0.05, 0.1) is 12.0 Å². The normalized spacial score (nSPS) is 20.0. The molecule has 0 saturated carbocycles. The summed E-state index contributed by atoms with van der Waals surface area (Å²) in [5, 5.41) is 3.12. The number of benzene rings is 2. The molecule has 5 rings (SSSR count). The summed E-state index contributed by atoms with van der Waals surface area (Å²) in [4.78, 5) is 22.1. The molecule has 1 saturated heterocycles. The van der Waals surface area contributed by atoms with Gasteiger partial charge >= 0.3 is 0 Å². The zero-order chi connectivity index (χ0) is 21.2. The number of hydrogen-bond donors (Lipinski definition) is 1. The number of aromatic nitrogens is 1. The number of hydrogen-bond acceptors (Lipinski definition) is 4. The molecule has 31 heavy (non-hydrogen) atoms. The van der Waals surface area contributed by atoms with Gasteiger partial charge in [-0.05, 0) is 53.9 Å². The topological polar surface area (TPSA) is 48.5 Å². The molecule has 3 heterocycles. The SMILES string of the molecule is O=C(NCc1cccnc1)[C@@H]1Cc2ccccc2N2CCN(c3ccc(F)cc3)C[C@@H]12. The van der Waals surface area contributed by atoms with Crippen LogP contribution in [-0.4, -0.2) is 36.6 Å². The van der Waals surface area contributed by atoms with Crippen molar-refractivity contribution in [2.75, 3.05) is 29.4 Å². The molecule has 2 aliphatic heterocycles. The number of piperazine rings is 1. The van der Waals surface area contributed by atoms with Crippen molar-refractivity contribution < 1.29 is 9.18 Å². The minimum atomic E-state index is -0.235. The lowest BCUT2D eigenvalue weighted by atomic mass is 9.83. The van der Waals surface area contributed by atoms with E-state index in [2.05, 4.69) is 38.3 Å². The molecule has 1 amide bonds. The first kappa shape index (κ1) is 19.5. The van der Waals surface area contributed by atoms with Crippen LogP contribution in [0.3, 0.4) is 0 Å². The van der Waals surface area contributed by atoms with Gasteiger partial charge in [0.2, 0.25) is 5.91 Å². The largest absolute Gasteiger partial charge is 0.368 e. The number of nitrogens with one attached hydrogen (secondary N) is 1. The van der Waals surface area contributed by atoms with Crippen molar-refractivity contribution >= 4 is 17.3 Å². The Bertz CT molecular complexity index is 1060. The van der Waals surface area contributed by atoms with Crippen LogP contribution in [0.25, 0.3) is 0 Å². The lowest BCUT2D eigenvalue weighted by Crippen LogP contribution is -2.61. The number of fused-ring (bicyclic) bond motifs is 3. The van der Waals surface area contributed by atoms with Gasteiger partial charge in [-0.3, -0.25) is 9.78 Å². The quantitative estimate of drug-likeness (QED) is 0.708. The Labute approximate surface area is 181 Å². The number of amides is 1. The predicted molar refractivity (Wildman–Crippen MR) is 119 cm³/mol. The van der Waals surface area contributed by atoms with Crippen LogP contribution in [0.5, 0.6) is 0 Å². The van der Waals surface area contributed by atoms with Crippen LogP contribution in [0.2, 0.25) is 0 Å². The highest BCUT2D eigenvalue weighted by molar-refractivity contribution is 5.82. The third-order valence-corrected chi connectivity index (χ3v) is 6.34. The van der Waals surface area contributed by atoms with Gasteiger partial charge in [0.15, 0.2) is 0 Å². The van der Waals surface area contributed by atoms with Crippen molar-refractivity contribution in [3.8, 4) is 0 Å². The van der Waals surface area contributed by atoms with E-state index in [4.69, 9.17) is 0 Å². The van der Waals surface area contributed by atoms with E-state index >= 15 is 0 Å². The van der Waals surface area contributed by atoms with E-state index < -0.39 is 0 Å². The standard InChI is InChI=1S/C25H25FN4O/c26-20-7-9-21(10-8-20)29-12-13-30-23-6-2-1-5-19(23)14-22(24(30)17-29)25(31)28-16-18-4-3-11-27-15-18/h1-11,15,22,24H,12-14,16-17H2,(H,28,31)/t22-,24+/m1/s1. The average molecular weight is 417 g/mol. The van der Waals surface area contributed by atoms with Gasteiger partial charge in [-0.2, -0.15) is 0 Å². The lowest BCUT2D eigenvalue weighted by molar-refractivity contribution is -0.126. The van der Waals surface area contributed by atoms with Gasteiger partial charge in [0.1, 0.15) is 5.82 Å². The first-order chi connectivity index (χ1) is 15.2. The highest BCUT2D eigenvalue weighted by Gasteiger charge is 2.41. The number of rotatable bonds is 4. The fraction of sp³-hybridized carbons (Fsp3) is 0.280. The zero-order valence-electron chi connectivity index (χ0n) is 17.2. The van der Waals surface area contributed by atoms with E-state index in [1.807, 2.05) is 30.3 Å². The molecule has 0 bridgehead atoms. The first-order valence-corrected chi connectivity index (χ1v) is 10.7. The summed E-state index contributed by atoms with van der Waals surface area (Å²) in [7, 11) is 0. The molecule has 5 nitrogen and oxygen atoms in total. The number of pyridine rings is 1. The third kappa shape index (κ3) is 3.98. The minimum absolute atomic E-state index is 0.0580. The highest BCUT2D eigenvalue weighted by atomic mass is 19.1. The number of anilines is 2. The molecular formula is C25H25FN4O. The van der Waals surface area contributed by atoms with Gasteiger partial charge in [0, 0.05) is 49.9 Å². The maximum absolute atomic E-state index is 13.4. The molecule has 0 radical (unpaired) electrons. The molecule has 0 unspecified atom stereocenters. The molecule has 2 aromatic carbocycles. The molecule has 0 spiro atoms. The second-order valence-corrected chi connectivity index (χ2v) is 8.20. The van der Waals surface area contributed by atoms with Crippen LogP contribution in [-0.2, 0) is 17.8 Å². The van der Waals surface area contributed by atoms with Crippen LogP contribution in [0.4, 0.5) is 15.8 Å². The van der Waals surface area contributed by atoms with E-state index in [-0.39, 0.29) is 23.7 Å². The highest BCUT2D eigenvalue weighted by Crippen LogP contribution is 2.37. The summed E-state index contributed by atoms with van der Waals surface area (Å²) in [5.41, 5.74) is 4.42. The van der Waals surface area contributed by atoms with Crippen molar-refractivity contribution in [2.45, 2.75) is 19.0 Å². The Kier molecular flexibility index (Phi) is 5.28. The van der Waals surface area contributed by atoms with Crippen LogP contribution in [0.15, 0.2) is 73.1 Å². The minimum Gasteiger partial charge on any atom is -0.368 e.